The van der Waals surface area contributed by atoms with Crippen molar-refractivity contribution >= 4 is 23.4 Å². The number of carbonyl (C=O) groups excluding carboxylic acids is 1. The van der Waals surface area contributed by atoms with Gasteiger partial charge >= 0.3 is 0 Å². The minimum absolute atomic E-state index is 0.0433. The SMILES string of the molecule is O=C(CC1CSCCN1)Nc1ccc(Oc2ccccc2)cc1. The van der Waals surface area contributed by atoms with Gasteiger partial charge in [0.2, 0.25) is 5.91 Å². The van der Waals surface area contributed by atoms with E-state index in [0.29, 0.717) is 6.42 Å². The summed E-state index contributed by atoms with van der Waals surface area (Å²) in [6, 6.07) is 17.3. The Morgan fingerprint density at radius 3 is 2.57 bits per heavy atom. The van der Waals surface area contributed by atoms with Crippen LogP contribution >= 0.6 is 11.8 Å². The van der Waals surface area contributed by atoms with E-state index in [1.807, 2.05) is 66.4 Å². The van der Waals surface area contributed by atoms with Crippen LogP contribution < -0.4 is 15.4 Å². The maximum absolute atomic E-state index is 12.1. The van der Waals surface area contributed by atoms with Crippen molar-refractivity contribution in [1.29, 1.82) is 0 Å². The Bertz CT molecular complexity index is 625. The molecule has 23 heavy (non-hydrogen) atoms. The summed E-state index contributed by atoms with van der Waals surface area (Å²) in [7, 11) is 0. The van der Waals surface area contributed by atoms with Crippen molar-refractivity contribution in [3.05, 3.63) is 54.6 Å². The predicted molar refractivity (Wildman–Crippen MR) is 95.3 cm³/mol. The van der Waals surface area contributed by atoms with Gasteiger partial charge in [0.25, 0.3) is 0 Å². The molecule has 1 heterocycles. The quantitative estimate of drug-likeness (QED) is 0.882. The largest absolute Gasteiger partial charge is 0.457 e. The molecule has 4 nitrogen and oxygen atoms in total. The first-order chi connectivity index (χ1) is 11.3. The molecule has 0 saturated carbocycles. The van der Waals surface area contributed by atoms with Crippen LogP contribution in [-0.2, 0) is 4.79 Å². The average Bonchev–Trinajstić information content (AvgIpc) is 2.58. The number of rotatable bonds is 5. The third-order valence-electron chi connectivity index (χ3n) is 3.55. The van der Waals surface area contributed by atoms with E-state index in [2.05, 4.69) is 10.6 Å². The van der Waals surface area contributed by atoms with Gasteiger partial charge in [0.15, 0.2) is 0 Å². The molecule has 1 fully saturated rings. The molecule has 1 unspecified atom stereocenters. The zero-order valence-electron chi connectivity index (χ0n) is 12.8. The summed E-state index contributed by atoms with van der Waals surface area (Å²) in [6.07, 6.45) is 0.509. The summed E-state index contributed by atoms with van der Waals surface area (Å²) < 4.78 is 5.73. The van der Waals surface area contributed by atoms with Gasteiger partial charge in [-0.2, -0.15) is 11.8 Å². The maximum atomic E-state index is 12.1. The van der Waals surface area contributed by atoms with Gasteiger partial charge < -0.3 is 15.4 Å². The zero-order chi connectivity index (χ0) is 15.9. The molecule has 1 aliphatic rings. The van der Waals surface area contributed by atoms with E-state index in [9.17, 15) is 4.79 Å². The number of ether oxygens (including phenoxy) is 1. The lowest BCUT2D eigenvalue weighted by Gasteiger charge is -2.22. The van der Waals surface area contributed by atoms with Crippen molar-refractivity contribution in [1.82, 2.24) is 5.32 Å². The lowest BCUT2D eigenvalue weighted by molar-refractivity contribution is -0.116. The number of thioether (sulfide) groups is 1. The Morgan fingerprint density at radius 2 is 1.87 bits per heavy atom. The fourth-order valence-electron chi connectivity index (χ4n) is 2.42. The highest BCUT2D eigenvalue weighted by Crippen LogP contribution is 2.22. The lowest BCUT2D eigenvalue weighted by Crippen LogP contribution is -2.39. The van der Waals surface area contributed by atoms with Crippen LogP contribution in [0, 0.1) is 0 Å². The topological polar surface area (TPSA) is 50.4 Å². The van der Waals surface area contributed by atoms with Gasteiger partial charge in [-0.05, 0) is 36.4 Å². The van der Waals surface area contributed by atoms with E-state index in [1.165, 1.54) is 0 Å². The van der Waals surface area contributed by atoms with E-state index in [0.717, 1.165) is 35.2 Å². The molecule has 2 aromatic rings. The molecule has 0 aromatic heterocycles. The minimum Gasteiger partial charge on any atom is -0.457 e. The van der Waals surface area contributed by atoms with E-state index in [1.54, 1.807) is 0 Å². The highest BCUT2D eigenvalue weighted by atomic mass is 32.2. The molecular formula is C18H20N2O2S. The van der Waals surface area contributed by atoms with Crippen LogP contribution in [0.3, 0.4) is 0 Å². The average molecular weight is 328 g/mol. The Labute approximate surface area is 140 Å². The van der Waals surface area contributed by atoms with E-state index in [4.69, 9.17) is 4.74 Å². The monoisotopic (exact) mass is 328 g/mol. The van der Waals surface area contributed by atoms with Crippen LogP contribution in [0.4, 0.5) is 5.69 Å². The molecule has 1 saturated heterocycles. The fraction of sp³-hybridized carbons (Fsp3) is 0.278. The Hall–Kier alpha value is -1.98. The fourth-order valence-corrected chi connectivity index (χ4v) is 3.37. The lowest BCUT2D eigenvalue weighted by atomic mass is 10.2. The van der Waals surface area contributed by atoms with Gasteiger partial charge in [0.05, 0.1) is 0 Å². The number of nitrogens with one attached hydrogen (secondary N) is 2. The number of anilines is 1. The molecule has 0 bridgehead atoms. The standard InChI is InChI=1S/C18H20N2O2S/c21-18(12-15-13-23-11-10-19-15)20-14-6-8-17(9-7-14)22-16-4-2-1-3-5-16/h1-9,15,19H,10-13H2,(H,20,21). The van der Waals surface area contributed by atoms with Crippen molar-refractivity contribution in [2.45, 2.75) is 12.5 Å². The second-order valence-electron chi connectivity index (χ2n) is 5.42. The number of para-hydroxylation sites is 1. The predicted octanol–water partition coefficient (Wildman–Crippen LogP) is 3.51. The second-order valence-corrected chi connectivity index (χ2v) is 6.57. The van der Waals surface area contributed by atoms with Gasteiger partial charge in [-0.1, -0.05) is 18.2 Å². The summed E-state index contributed by atoms with van der Waals surface area (Å²) >= 11 is 1.90. The second kappa shape index (κ2) is 8.04. The van der Waals surface area contributed by atoms with Crippen LogP contribution in [0.5, 0.6) is 11.5 Å². The third-order valence-corrected chi connectivity index (χ3v) is 4.68. The normalized spacial score (nSPS) is 17.5. The Morgan fingerprint density at radius 1 is 1.13 bits per heavy atom. The molecule has 2 aromatic carbocycles. The molecule has 0 aliphatic carbocycles. The molecule has 1 atom stereocenters. The summed E-state index contributed by atoms with van der Waals surface area (Å²) in [4.78, 5) is 12.1. The van der Waals surface area contributed by atoms with Gasteiger partial charge in [0, 0.05) is 36.2 Å². The maximum Gasteiger partial charge on any atom is 0.225 e. The Kier molecular flexibility index (Phi) is 5.56. The summed E-state index contributed by atoms with van der Waals surface area (Å²) in [5, 5.41) is 6.31. The number of hydrogen-bond acceptors (Lipinski definition) is 4. The molecule has 2 N–H and O–H groups in total. The van der Waals surface area contributed by atoms with E-state index in [-0.39, 0.29) is 11.9 Å². The molecule has 0 radical (unpaired) electrons. The Balaban J connectivity index is 1.51. The number of carbonyl (C=O) groups is 1. The van der Waals surface area contributed by atoms with Gasteiger partial charge in [-0.15, -0.1) is 0 Å². The molecule has 120 valence electrons. The zero-order valence-corrected chi connectivity index (χ0v) is 13.6. The van der Waals surface area contributed by atoms with Crippen LogP contribution in [0.2, 0.25) is 0 Å². The van der Waals surface area contributed by atoms with Gasteiger partial charge in [0.1, 0.15) is 11.5 Å². The van der Waals surface area contributed by atoms with Gasteiger partial charge in [-0.25, -0.2) is 0 Å². The molecule has 3 rings (SSSR count). The van der Waals surface area contributed by atoms with Crippen LogP contribution in [0.1, 0.15) is 6.42 Å². The van der Waals surface area contributed by atoms with Crippen molar-refractivity contribution in [2.24, 2.45) is 0 Å². The minimum atomic E-state index is 0.0433. The first-order valence-electron chi connectivity index (χ1n) is 7.73. The highest BCUT2D eigenvalue weighted by molar-refractivity contribution is 7.99. The summed E-state index contributed by atoms with van der Waals surface area (Å²) in [5.41, 5.74) is 0.791. The number of benzene rings is 2. The molecule has 5 heteroatoms. The van der Waals surface area contributed by atoms with Crippen molar-refractivity contribution < 1.29 is 9.53 Å². The van der Waals surface area contributed by atoms with Crippen molar-refractivity contribution in [3.8, 4) is 11.5 Å². The number of hydrogen-bond donors (Lipinski definition) is 2. The third kappa shape index (κ3) is 5.01. The molecule has 0 spiro atoms. The van der Waals surface area contributed by atoms with E-state index >= 15 is 0 Å². The first kappa shape index (κ1) is 15.9. The molecule has 1 aliphatic heterocycles. The number of amides is 1. The summed E-state index contributed by atoms with van der Waals surface area (Å²) in [6.45, 7) is 0.980. The van der Waals surface area contributed by atoms with Crippen LogP contribution in [0.15, 0.2) is 54.6 Å². The molecular weight excluding hydrogens is 308 g/mol. The van der Waals surface area contributed by atoms with E-state index < -0.39 is 0 Å². The smallest absolute Gasteiger partial charge is 0.225 e. The van der Waals surface area contributed by atoms with Gasteiger partial charge in [-0.3, -0.25) is 4.79 Å². The highest BCUT2D eigenvalue weighted by Gasteiger charge is 2.16. The van der Waals surface area contributed by atoms with Crippen molar-refractivity contribution in [3.63, 3.8) is 0 Å². The van der Waals surface area contributed by atoms with Crippen LogP contribution in [0.25, 0.3) is 0 Å². The summed E-state index contributed by atoms with van der Waals surface area (Å²) in [5.74, 6) is 3.71. The van der Waals surface area contributed by atoms with Crippen molar-refractivity contribution in [2.75, 3.05) is 23.4 Å². The molecule has 1 amide bonds. The van der Waals surface area contributed by atoms with Crippen LogP contribution in [-0.4, -0.2) is 30.0 Å². The first-order valence-corrected chi connectivity index (χ1v) is 8.89.